The Balaban J connectivity index is 1.84. The van der Waals surface area contributed by atoms with Crippen LogP contribution >= 0.6 is 11.8 Å². The van der Waals surface area contributed by atoms with E-state index in [1.807, 2.05) is 37.3 Å². The zero-order valence-corrected chi connectivity index (χ0v) is 11.4. The molecule has 0 bridgehead atoms. The average molecular weight is 258 g/mol. The number of nitrogens with one attached hydrogen (secondary N) is 1. The van der Waals surface area contributed by atoms with Crippen LogP contribution in [0.25, 0.3) is 0 Å². The van der Waals surface area contributed by atoms with Crippen LogP contribution in [-0.2, 0) is 13.0 Å². The number of hydrogen-bond donors (Lipinski definition) is 1. The molecule has 0 spiro atoms. The maximum absolute atomic E-state index is 4.13. The number of hydrogen-bond acceptors (Lipinski definition) is 3. The van der Waals surface area contributed by atoms with Crippen molar-refractivity contribution in [2.45, 2.75) is 17.9 Å². The normalized spacial score (nSPS) is 10.5. The quantitative estimate of drug-likeness (QED) is 0.806. The number of benzene rings is 1. The Kier molecular flexibility index (Phi) is 5.24. The minimum Gasteiger partial charge on any atom is -0.316 e. The summed E-state index contributed by atoms with van der Waals surface area (Å²) in [6.45, 7) is 0.928. The maximum atomic E-state index is 4.13. The third kappa shape index (κ3) is 4.17. The first-order chi connectivity index (χ1) is 8.88. The Morgan fingerprint density at radius 2 is 2.06 bits per heavy atom. The van der Waals surface area contributed by atoms with Crippen molar-refractivity contribution < 1.29 is 0 Å². The molecule has 1 aromatic carbocycles. The number of thioether (sulfide) groups is 1. The Morgan fingerprint density at radius 3 is 2.83 bits per heavy atom. The Morgan fingerprint density at radius 1 is 1.17 bits per heavy atom. The van der Waals surface area contributed by atoms with E-state index in [-0.39, 0.29) is 0 Å². The zero-order chi connectivity index (χ0) is 12.6. The lowest BCUT2D eigenvalue weighted by Gasteiger charge is -2.05. The van der Waals surface area contributed by atoms with Crippen molar-refractivity contribution in [3.05, 3.63) is 59.9 Å². The van der Waals surface area contributed by atoms with Gasteiger partial charge in [-0.1, -0.05) is 18.2 Å². The number of nitrogens with zero attached hydrogens (tertiary/aromatic N) is 1. The number of rotatable bonds is 6. The summed E-state index contributed by atoms with van der Waals surface area (Å²) in [5.74, 6) is 1.09. The van der Waals surface area contributed by atoms with Crippen LogP contribution in [0.15, 0.2) is 53.7 Å². The predicted octanol–water partition coefficient (Wildman–Crippen LogP) is 3.14. The summed E-state index contributed by atoms with van der Waals surface area (Å²) in [5.41, 5.74) is 2.64. The van der Waals surface area contributed by atoms with Crippen LogP contribution in [0.2, 0.25) is 0 Å². The highest BCUT2D eigenvalue weighted by atomic mass is 32.2. The lowest BCUT2D eigenvalue weighted by Crippen LogP contribution is -2.04. The summed E-state index contributed by atoms with van der Waals surface area (Å²) in [6, 6.07) is 12.8. The van der Waals surface area contributed by atoms with Gasteiger partial charge in [0.2, 0.25) is 0 Å². The minimum atomic E-state index is 0.928. The second-order valence-electron chi connectivity index (χ2n) is 4.14. The highest BCUT2D eigenvalue weighted by Crippen LogP contribution is 2.20. The van der Waals surface area contributed by atoms with Gasteiger partial charge in [-0.25, -0.2) is 0 Å². The Labute approximate surface area is 113 Å². The monoisotopic (exact) mass is 258 g/mol. The standard InChI is InChI=1S/C15H18N2S/c1-16-11-14-4-2-6-15(10-14)18-9-7-13-5-3-8-17-12-13/h2-6,8,10,12,16H,7,9,11H2,1H3. The van der Waals surface area contributed by atoms with Crippen LogP contribution in [0.4, 0.5) is 0 Å². The summed E-state index contributed by atoms with van der Waals surface area (Å²) in [7, 11) is 1.97. The molecule has 0 amide bonds. The fourth-order valence-corrected chi connectivity index (χ4v) is 2.77. The topological polar surface area (TPSA) is 24.9 Å². The van der Waals surface area contributed by atoms with Gasteiger partial charge in [0.1, 0.15) is 0 Å². The summed E-state index contributed by atoms with van der Waals surface area (Å²) in [4.78, 5) is 5.47. The first-order valence-electron chi connectivity index (χ1n) is 6.14. The second-order valence-corrected chi connectivity index (χ2v) is 5.31. The van der Waals surface area contributed by atoms with Crippen molar-refractivity contribution >= 4 is 11.8 Å². The predicted molar refractivity (Wildman–Crippen MR) is 77.9 cm³/mol. The van der Waals surface area contributed by atoms with E-state index in [1.165, 1.54) is 16.0 Å². The zero-order valence-electron chi connectivity index (χ0n) is 10.6. The largest absolute Gasteiger partial charge is 0.316 e. The minimum absolute atomic E-state index is 0.928. The van der Waals surface area contributed by atoms with Gasteiger partial charge in [0.05, 0.1) is 0 Å². The van der Waals surface area contributed by atoms with Crippen LogP contribution in [0.5, 0.6) is 0 Å². The lowest BCUT2D eigenvalue weighted by atomic mass is 10.2. The van der Waals surface area contributed by atoms with Gasteiger partial charge in [-0.15, -0.1) is 11.8 Å². The van der Waals surface area contributed by atoms with E-state index < -0.39 is 0 Å². The highest BCUT2D eigenvalue weighted by molar-refractivity contribution is 7.99. The SMILES string of the molecule is CNCc1cccc(SCCc2cccnc2)c1. The van der Waals surface area contributed by atoms with Gasteiger partial charge in [0, 0.05) is 29.6 Å². The van der Waals surface area contributed by atoms with Crippen molar-refractivity contribution in [2.24, 2.45) is 0 Å². The van der Waals surface area contributed by atoms with Crippen molar-refractivity contribution in [3.63, 3.8) is 0 Å². The first-order valence-corrected chi connectivity index (χ1v) is 7.12. The van der Waals surface area contributed by atoms with Gasteiger partial charge in [0.15, 0.2) is 0 Å². The molecule has 0 radical (unpaired) electrons. The first kappa shape index (κ1) is 13.1. The smallest absolute Gasteiger partial charge is 0.0300 e. The molecule has 0 aliphatic heterocycles. The van der Waals surface area contributed by atoms with Gasteiger partial charge in [-0.2, -0.15) is 0 Å². The molecule has 0 aliphatic carbocycles. The molecule has 0 atom stereocenters. The second kappa shape index (κ2) is 7.19. The van der Waals surface area contributed by atoms with Gasteiger partial charge in [-0.05, 0) is 42.8 Å². The molecule has 1 heterocycles. The molecule has 18 heavy (non-hydrogen) atoms. The van der Waals surface area contributed by atoms with E-state index >= 15 is 0 Å². The van der Waals surface area contributed by atoms with Crippen LogP contribution in [0.1, 0.15) is 11.1 Å². The van der Waals surface area contributed by atoms with Crippen molar-refractivity contribution in [1.82, 2.24) is 10.3 Å². The number of aryl methyl sites for hydroxylation is 1. The van der Waals surface area contributed by atoms with E-state index in [0.717, 1.165) is 18.7 Å². The van der Waals surface area contributed by atoms with Crippen LogP contribution in [-0.4, -0.2) is 17.8 Å². The third-order valence-electron chi connectivity index (χ3n) is 2.66. The molecular formula is C15H18N2S. The van der Waals surface area contributed by atoms with Gasteiger partial charge < -0.3 is 5.32 Å². The molecule has 2 rings (SSSR count). The van der Waals surface area contributed by atoms with Gasteiger partial charge in [0.25, 0.3) is 0 Å². The third-order valence-corrected chi connectivity index (χ3v) is 3.66. The van der Waals surface area contributed by atoms with Crippen molar-refractivity contribution in [1.29, 1.82) is 0 Å². The molecule has 2 aromatic rings. The van der Waals surface area contributed by atoms with Gasteiger partial charge >= 0.3 is 0 Å². The molecule has 94 valence electrons. The molecule has 0 aliphatic rings. The molecule has 1 N–H and O–H groups in total. The molecule has 3 heteroatoms. The number of pyridine rings is 1. The van der Waals surface area contributed by atoms with E-state index in [4.69, 9.17) is 0 Å². The van der Waals surface area contributed by atoms with E-state index in [2.05, 4.69) is 40.6 Å². The molecule has 0 fully saturated rings. The summed E-state index contributed by atoms with van der Waals surface area (Å²) in [5, 5.41) is 3.18. The lowest BCUT2D eigenvalue weighted by molar-refractivity contribution is 0.815. The van der Waals surface area contributed by atoms with Gasteiger partial charge in [-0.3, -0.25) is 4.98 Å². The fourth-order valence-electron chi connectivity index (χ4n) is 1.78. The summed E-state index contributed by atoms with van der Waals surface area (Å²) in [6.07, 6.45) is 4.82. The molecule has 0 saturated carbocycles. The molecule has 0 unspecified atom stereocenters. The molecular weight excluding hydrogens is 240 g/mol. The Bertz CT molecular complexity index is 471. The summed E-state index contributed by atoms with van der Waals surface area (Å²) < 4.78 is 0. The Hall–Kier alpha value is -1.32. The van der Waals surface area contributed by atoms with Crippen LogP contribution in [0, 0.1) is 0 Å². The maximum Gasteiger partial charge on any atom is 0.0300 e. The highest BCUT2D eigenvalue weighted by Gasteiger charge is 1.98. The van der Waals surface area contributed by atoms with E-state index in [9.17, 15) is 0 Å². The van der Waals surface area contributed by atoms with Crippen LogP contribution < -0.4 is 5.32 Å². The average Bonchev–Trinajstić information content (AvgIpc) is 2.41. The summed E-state index contributed by atoms with van der Waals surface area (Å²) >= 11 is 1.90. The fraction of sp³-hybridized carbons (Fsp3) is 0.267. The van der Waals surface area contributed by atoms with Crippen molar-refractivity contribution in [2.75, 3.05) is 12.8 Å². The van der Waals surface area contributed by atoms with E-state index in [0.29, 0.717) is 0 Å². The van der Waals surface area contributed by atoms with Crippen LogP contribution in [0.3, 0.4) is 0 Å². The molecule has 0 saturated heterocycles. The van der Waals surface area contributed by atoms with Crippen molar-refractivity contribution in [3.8, 4) is 0 Å². The van der Waals surface area contributed by atoms with E-state index in [1.54, 1.807) is 0 Å². The molecule has 1 aromatic heterocycles. The molecule has 2 nitrogen and oxygen atoms in total. The number of aromatic nitrogens is 1.